The van der Waals surface area contributed by atoms with Crippen LogP contribution in [-0.2, 0) is 11.2 Å². The molecule has 160 valence electrons. The summed E-state index contributed by atoms with van der Waals surface area (Å²) in [6, 6.07) is 13.4. The summed E-state index contributed by atoms with van der Waals surface area (Å²) in [6.07, 6.45) is 6.82. The van der Waals surface area contributed by atoms with E-state index in [2.05, 4.69) is 54.9 Å². The molecule has 2 fully saturated rings. The van der Waals surface area contributed by atoms with Crippen molar-refractivity contribution in [2.75, 3.05) is 18.1 Å². The van der Waals surface area contributed by atoms with Crippen molar-refractivity contribution < 1.29 is 14.6 Å². The molecule has 1 aliphatic carbocycles. The molecule has 3 aliphatic rings. The summed E-state index contributed by atoms with van der Waals surface area (Å²) in [6.45, 7) is 2.93. The van der Waals surface area contributed by atoms with Gasteiger partial charge in [0, 0.05) is 12.8 Å². The van der Waals surface area contributed by atoms with Crippen molar-refractivity contribution >= 4 is 17.4 Å². The lowest BCUT2D eigenvalue weighted by molar-refractivity contribution is -0.0605. The summed E-state index contributed by atoms with van der Waals surface area (Å²) < 4.78 is 12.2. The van der Waals surface area contributed by atoms with Crippen LogP contribution in [0.3, 0.4) is 0 Å². The number of anilines is 1. The third-order valence-corrected chi connectivity index (χ3v) is 7.26. The lowest BCUT2D eigenvalue weighted by atomic mass is 9.91. The number of hydrogen-bond donors (Lipinski definition) is 2. The highest BCUT2D eigenvalue weighted by Crippen LogP contribution is 2.44. The third kappa shape index (κ3) is 4.34. The Morgan fingerprint density at radius 2 is 2.00 bits per heavy atom. The minimum Gasteiger partial charge on any atom is -0.487 e. The van der Waals surface area contributed by atoms with E-state index >= 15 is 0 Å². The first-order valence-corrected chi connectivity index (χ1v) is 12.4. The van der Waals surface area contributed by atoms with E-state index in [9.17, 15) is 5.11 Å². The molecule has 2 aliphatic heterocycles. The fraction of sp³-hybridized carbons (Fsp3) is 0.520. The number of fused-ring (bicyclic) bond motifs is 1. The normalized spacial score (nSPS) is 28.4. The van der Waals surface area contributed by atoms with E-state index in [0.717, 1.165) is 24.4 Å². The molecule has 1 saturated heterocycles. The standard InChI is InChI=1S/C25H31NO3S/c1-15-14-26-22-10-16(3-8-23(22)28-15)9-19-11-18(6-7-21(19)17-4-5-17)24-12-20(27)13-25(29-24)30-2/h3,6-8,10-11,15,17,20,24-27H,4-5,9,12-14H2,1-2H3. The Hall–Kier alpha value is -1.69. The Labute approximate surface area is 183 Å². The van der Waals surface area contributed by atoms with Crippen molar-refractivity contribution in [1.29, 1.82) is 0 Å². The second kappa shape index (κ2) is 8.45. The molecule has 4 atom stereocenters. The van der Waals surface area contributed by atoms with Gasteiger partial charge in [-0.15, -0.1) is 11.8 Å². The van der Waals surface area contributed by atoms with Crippen molar-refractivity contribution in [3.8, 4) is 5.75 Å². The smallest absolute Gasteiger partial charge is 0.142 e. The maximum Gasteiger partial charge on any atom is 0.142 e. The van der Waals surface area contributed by atoms with Crippen LogP contribution in [0.4, 0.5) is 5.69 Å². The molecule has 2 N–H and O–H groups in total. The van der Waals surface area contributed by atoms with Gasteiger partial charge in [0.25, 0.3) is 0 Å². The predicted octanol–water partition coefficient (Wildman–Crippen LogP) is 5.25. The zero-order valence-corrected chi connectivity index (χ0v) is 18.6. The molecule has 0 spiro atoms. The molecule has 0 amide bonds. The summed E-state index contributed by atoms with van der Waals surface area (Å²) >= 11 is 1.68. The van der Waals surface area contributed by atoms with Crippen LogP contribution in [0.1, 0.15) is 66.9 Å². The lowest BCUT2D eigenvalue weighted by Gasteiger charge is -2.33. The maximum absolute atomic E-state index is 10.3. The first-order valence-electron chi connectivity index (χ1n) is 11.1. The molecular formula is C25H31NO3S. The third-order valence-electron chi connectivity index (χ3n) is 6.43. The van der Waals surface area contributed by atoms with Crippen LogP contribution in [-0.4, -0.2) is 35.6 Å². The van der Waals surface area contributed by atoms with Gasteiger partial charge < -0.3 is 19.9 Å². The van der Waals surface area contributed by atoms with E-state index in [0.29, 0.717) is 18.8 Å². The molecule has 2 aromatic carbocycles. The second-order valence-corrected chi connectivity index (χ2v) is 9.96. The topological polar surface area (TPSA) is 50.7 Å². The van der Waals surface area contributed by atoms with E-state index in [1.165, 1.54) is 35.1 Å². The van der Waals surface area contributed by atoms with E-state index in [4.69, 9.17) is 9.47 Å². The van der Waals surface area contributed by atoms with Crippen LogP contribution in [0, 0.1) is 0 Å². The predicted molar refractivity (Wildman–Crippen MR) is 123 cm³/mol. The zero-order chi connectivity index (χ0) is 20.7. The molecule has 4 nitrogen and oxygen atoms in total. The summed E-state index contributed by atoms with van der Waals surface area (Å²) in [5.74, 6) is 1.65. The van der Waals surface area contributed by atoms with Crippen LogP contribution in [0.15, 0.2) is 36.4 Å². The SMILES string of the molecule is CSC1CC(O)CC(c2ccc(C3CC3)c(Cc3ccc4c(c3)NCC(C)O4)c2)O1. The minimum absolute atomic E-state index is 0.0294. The van der Waals surface area contributed by atoms with Crippen molar-refractivity contribution in [2.45, 2.75) is 68.7 Å². The van der Waals surface area contributed by atoms with Gasteiger partial charge >= 0.3 is 0 Å². The monoisotopic (exact) mass is 425 g/mol. The first-order chi connectivity index (χ1) is 14.6. The lowest BCUT2D eigenvalue weighted by Crippen LogP contribution is -2.29. The quantitative estimate of drug-likeness (QED) is 0.685. The van der Waals surface area contributed by atoms with Crippen molar-refractivity contribution in [3.63, 3.8) is 0 Å². The number of hydrogen-bond acceptors (Lipinski definition) is 5. The molecular weight excluding hydrogens is 394 g/mol. The number of ether oxygens (including phenoxy) is 2. The molecule has 1 saturated carbocycles. The number of nitrogens with one attached hydrogen (secondary N) is 1. The minimum atomic E-state index is -0.290. The summed E-state index contributed by atoms with van der Waals surface area (Å²) in [5.41, 5.74) is 6.53. The molecule has 5 heteroatoms. The number of thioether (sulfide) groups is 1. The van der Waals surface area contributed by atoms with Crippen LogP contribution in [0.25, 0.3) is 0 Å². The first kappa shape index (κ1) is 20.2. The van der Waals surface area contributed by atoms with E-state index in [-0.39, 0.29) is 23.7 Å². The molecule has 4 unspecified atom stereocenters. The average Bonchev–Trinajstić information content (AvgIpc) is 3.58. The highest BCUT2D eigenvalue weighted by Gasteiger charge is 2.31. The Balaban J connectivity index is 1.42. The molecule has 30 heavy (non-hydrogen) atoms. The molecule has 2 heterocycles. The summed E-state index contributed by atoms with van der Waals surface area (Å²) in [7, 11) is 0. The van der Waals surface area contributed by atoms with Gasteiger partial charge in [-0.2, -0.15) is 0 Å². The Morgan fingerprint density at radius 1 is 1.13 bits per heavy atom. The Morgan fingerprint density at radius 3 is 2.80 bits per heavy atom. The molecule has 0 bridgehead atoms. The van der Waals surface area contributed by atoms with Crippen molar-refractivity contribution in [1.82, 2.24) is 0 Å². The fourth-order valence-corrected chi connectivity index (χ4v) is 5.32. The van der Waals surface area contributed by atoms with E-state index in [1.807, 2.05) is 0 Å². The number of benzene rings is 2. The van der Waals surface area contributed by atoms with E-state index < -0.39 is 0 Å². The second-order valence-electron chi connectivity index (χ2n) is 8.96. The number of aliphatic hydroxyl groups excluding tert-OH is 1. The molecule has 0 radical (unpaired) electrons. The van der Waals surface area contributed by atoms with Gasteiger partial charge in [-0.25, -0.2) is 0 Å². The Kier molecular flexibility index (Phi) is 5.69. The van der Waals surface area contributed by atoms with Crippen molar-refractivity contribution in [2.24, 2.45) is 0 Å². The van der Waals surface area contributed by atoms with Gasteiger partial charge in [0.05, 0.1) is 24.4 Å². The number of rotatable bonds is 5. The fourth-order valence-electron chi connectivity index (χ4n) is 4.66. The van der Waals surface area contributed by atoms with Gasteiger partial charge in [0.2, 0.25) is 0 Å². The summed E-state index contributed by atoms with van der Waals surface area (Å²) in [4.78, 5) is 0. The van der Waals surface area contributed by atoms with Crippen LogP contribution >= 0.6 is 11.8 Å². The largest absolute Gasteiger partial charge is 0.487 e. The van der Waals surface area contributed by atoms with E-state index in [1.54, 1.807) is 11.8 Å². The molecule has 5 rings (SSSR count). The zero-order valence-electron chi connectivity index (χ0n) is 17.8. The summed E-state index contributed by atoms with van der Waals surface area (Å²) in [5, 5.41) is 13.8. The Bertz CT molecular complexity index is 913. The van der Waals surface area contributed by atoms with Crippen molar-refractivity contribution in [3.05, 3.63) is 58.7 Å². The van der Waals surface area contributed by atoms with Gasteiger partial charge in [-0.1, -0.05) is 24.3 Å². The molecule has 2 aromatic rings. The highest BCUT2D eigenvalue weighted by molar-refractivity contribution is 7.99. The average molecular weight is 426 g/mol. The van der Waals surface area contributed by atoms with Gasteiger partial charge in [-0.05, 0) is 72.7 Å². The molecule has 0 aromatic heterocycles. The van der Waals surface area contributed by atoms with Gasteiger partial charge in [0.1, 0.15) is 17.3 Å². The number of aliphatic hydroxyl groups is 1. The van der Waals surface area contributed by atoms with Crippen LogP contribution in [0.5, 0.6) is 5.75 Å². The van der Waals surface area contributed by atoms with Gasteiger partial charge in [-0.3, -0.25) is 0 Å². The maximum atomic E-state index is 10.3. The van der Waals surface area contributed by atoms with Gasteiger partial charge in [0.15, 0.2) is 0 Å². The van der Waals surface area contributed by atoms with Crippen LogP contribution < -0.4 is 10.1 Å². The highest BCUT2D eigenvalue weighted by atomic mass is 32.2. The van der Waals surface area contributed by atoms with Crippen LogP contribution in [0.2, 0.25) is 0 Å².